The number of carbonyl (C=O) groups excluding carboxylic acids is 1. The van der Waals surface area contributed by atoms with Crippen molar-refractivity contribution in [1.29, 1.82) is 0 Å². The van der Waals surface area contributed by atoms with E-state index in [2.05, 4.69) is 20.9 Å². The summed E-state index contributed by atoms with van der Waals surface area (Å²) in [5.74, 6) is -0.475. The number of halogens is 1. The number of nitrogens with zero attached hydrogens (tertiary/aromatic N) is 1. The Labute approximate surface area is 78.4 Å². The number of rotatable bonds is 2. The normalized spacial score (nSPS) is 10.4. The van der Waals surface area contributed by atoms with Crippen LogP contribution in [0.3, 0.4) is 0 Å². The first-order chi connectivity index (χ1) is 5.68. The molecule has 0 saturated heterocycles. The van der Waals surface area contributed by atoms with Gasteiger partial charge in [-0.05, 0) is 34.1 Å². The van der Waals surface area contributed by atoms with E-state index in [4.69, 9.17) is 5.73 Å². The molecule has 1 amide bonds. The van der Waals surface area contributed by atoms with Gasteiger partial charge in [0.25, 0.3) is 0 Å². The molecule has 1 aromatic heterocycles. The number of nitrogens with two attached hydrogens (primary N) is 1. The Bertz CT molecular complexity index is 323. The lowest BCUT2D eigenvalue weighted by atomic mass is 10.3. The molecule has 0 aromatic carbocycles. The summed E-state index contributed by atoms with van der Waals surface area (Å²) in [6.07, 6.45) is 2.84. The lowest BCUT2D eigenvalue weighted by Gasteiger charge is -1.91. The van der Waals surface area contributed by atoms with Crippen LogP contribution in [0.25, 0.3) is 6.08 Å². The van der Waals surface area contributed by atoms with E-state index in [-0.39, 0.29) is 0 Å². The average molecular weight is 227 g/mol. The predicted octanol–water partition coefficient (Wildman–Crippen LogP) is 1.34. The maximum absolute atomic E-state index is 10.4. The van der Waals surface area contributed by atoms with Crippen LogP contribution in [0.2, 0.25) is 0 Å². The van der Waals surface area contributed by atoms with E-state index in [9.17, 15) is 4.79 Å². The molecule has 0 bridgehead atoms. The lowest BCUT2D eigenvalue weighted by molar-refractivity contribution is -0.113. The molecule has 0 unspecified atom stereocenters. The maximum Gasteiger partial charge on any atom is 0.241 e. The molecule has 0 aliphatic rings. The summed E-state index contributed by atoms with van der Waals surface area (Å²) in [5, 5.41) is 0. The Morgan fingerprint density at radius 2 is 2.33 bits per heavy atom. The Hall–Kier alpha value is -1.16. The molecule has 1 heterocycles. The molecular formula is C8H7BrN2O. The first-order valence-corrected chi connectivity index (χ1v) is 4.08. The van der Waals surface area contributed by atoms with E-state index in [1.165, 1.54) is 6.08 Å². The highest BCUT2D eigenvalue weighted by atomic mass is 79.9. The van der Waals surface area contributed by atoms with Crippen molar-refractivity contribution in [2.75, 3.05) is 0 Å². The van der Waals surface area contributed by atoms with Crippen LogP contribution in [-0.4, -0.2) is 10.9 Å². The summed E-state index contributed by atoms with van der Waals surface area (Å²) in [4.78, 5) is 14.4. The fourth-order valence-electron chi connectivity index (χ4n) is 0.684. The zero-order valence-corrected chi connectivity index (χ0v) is 7.78. The molecule has 62 valence electrons. The molecule has 2 N–H and O–H groups in total. The first-order valence-electron chi connectivity index (χ1n) is 3.28. The van der Waals surface area contributed by atoms with Crippen LogP contribution >= 0.6 is 15.9 Å². The number of pyridine rings is 1. The molecule has 0 saturated carbocycles. The highest BCUT2D eigenvalue weighted by Gasteiger charge is 1.90. The average Bonchev–Trinajstić information content (AvgIpc) is 2.01. The van der Waals surface area contributed by atoms with Crippen LogP contribution in [0.5, 0.6) is 0 Å². The summed E-state index contributed by atoms with van der Waals surface area (Å²) in [7, 11) is 0. The molecule has 4 heteroatoms. The third kappa shape index (κ3) is 2.84. The fraction of sp³-hybridized carbons (Fsp3) is 0. The smallest absolute Gasteiger partial charge is 0.241 e. The van der Waals surface area contributed by atoms with Crippen LogP contribution in [0.15, 0.2) is 28.9 Å². The van der Waals surface area contributed by atoms with Crippen molar-refractivity contribution in [1.82, 2.24) is 4.98 Å². The molecular weight excluding hydrogens is 220 g/mol. The van der Waals surface area contributed by atoms with Gasteiger partial charge in [0.15, 0.2) is 0 Å². The van der Waals surface area contributed by atoms with Crippen molar-refractivity contribution in [2.45, 2.75) is 0 Å². The Morgan fingerprint density at radius 3 is 2.92 bits per heavy atom. The van der Waals surface area contributed by atoms with E-state index >= 15 is 0 Å². The van der Waals surface area contributed by atoms with Gasteiger partial charge in [-0.25, -0.2) is 4.98 Å². The number of hydrogen-bond donors (Lipinski definition) is 1. The summed E-state index contributed by atoms with van der Waals surface area (Å²) in [6, 6.07) is 5.42. The van der Waals surface area contributed by atoms with E-state index in [1.54, 1.807) is 12.1 Å². The first kappa shape index (κ1) is 8.93. The van der Waals surface area contributed by atoms with Crippen LogP contribution < -0.4 is 5.73 Å². The van der Waals surface area contributed by atoms with Crippen LogP contribution in [-0.2, 0) is 4.79 Å². The van der Waals surface area contributed by atoms with Gasteiger partial charge in [0.1, 0.15) is 4.60 Å². The molecule has 0 aliphatic heterocycles. The minimum Gasteiger partial charge on any atom is -0.366 e. The maximum atomic E-state index is 10.4. The summed E-state index contributed by atoms with van der Waals surface area (Å²) in [6.45, 7) is 0. The van der Waals surface area contributed by atoms with Crippen molar-refractivity contribution < 1.29 is 4.79 Å². The van der Waals surface area contributed by atoms with Crippen molar-refractivity contribution >= 4 is 27.9 Å². The van der Waals surface area contributed by atoms with E-state index < -0.39 is 5.91 Å². The van der Waals surface area contributed by atoms with Crippen LogP contribution in [0.1, 0.15) is 5.69 Å². The largest absolute Gasteiger partial charge is 0.366 e. The molecule has 0 radical (unpaired) electrons. The van der Waals surface area contributed by atoms with Gasteiger partial charge in [-0.15, -0.1) is 0 Å². The number of amides is 1. The second-order valence-corrected chi connectivity index (χ2v) is 2.93. The van der Waals surface area contributed by atoms with Crippen molar-refractivity contribution in [2.24, 2.45) is 5.73 Å². The number of hydrogen-bond acceptors (Lipinski definition) is 2. The van der Waals surface area contributed by atoms with E-state index in [1.807, 2.05) is 12.1 Å². The fourth-order valence-corrected chi connectivity index (χ4v) is 1.04. The molecule has 1 rings (SSSR count). The monoisotopic (exact) mass is 226 g/mol. The minimum atomic E-state index is -0.475. The van der Waals surface area contributed by atoms with Gasteiger partial charge >= 0.3 is 0 Å². The quantitative estimate of drug-likeness (QED) is 0.612. The third-order valence-electron chi connectivity index (χ3n) is 1.16. The zero-order valence-electron chi connectivity index (χ0n) is 6.20. The topological polar surface area (TPSA) is 56.0 Å². The standard InChI is InChI=1S/C8H7BrN2O/c9-7-3-1-2-6(11-7)4-5-8(10)12/h1-5H,(H2,10,12)/b5-4+. The third-order valence-corrected chi connectivity index (χ3v) is 1.60. The Balaban J connectivity index is 2.83. The highest BCUT2D eigenvalue weighted by Crippen LogP contribution is 2.06. The second kappa shape index (κ2) is 4.01. The molecule has 0 atom stereocenters. The summed E-state index contributed by atoms with van der Waals surface area (Å²) < 4.78 is 0.731. The van der Waals surface area contributed by atoms with Crippen molar-refractivity contribution in [3.05, 3.63) is 34.6 Å². The lowest BCUT2D eigenvalue weighted by Crippen LogP contribution is -2.05. The van der Waals surface area contributed by atoms with Gasteiger partial charge in [-0.3, -0.25) is 4.79 Å². The van der Waals surface area contributed by atoms with Crippen molar-refractivity contribution in [3.63, 3.8) is 0 Å². The molecule has 0 fully saturated rings. The van der Waals surface area contributed by atoms with Gasteiger partial charge in [0.2, 0.25) is 5.91 Å². The number of primary amides is 1. The van der Waals surface area contributed by atoms with Crippen LogP contribution in [0, 0.1) is 0 Å². The van der Waals surface area contributed by atoms with Crippen molar-refractivity contribution in [3.8, 4) is 0 Å². The molecule has 0 spiro atoms. The summed E-state index contributed by atoms with van der Waals surface area (Å²) >= 11 is 3.21. The minimum absolute atomic E-state index is 0.475. The molecule has 12 heavy (non-hydrogen) atoms. The molecule has 1 aromatic rings. The SMILES string of the molecule is NC(=O)/C=C/c1cccc(Br)n1. The Morgan fingerprint density at radius 1 is 1.58 bits per heavy atom. The van der Waals surface area contributed by atoms with Gasteiger partial charge < -0.3 is 5.73 Å². The van der Waals surface area contributed by atoms with Gasteiger partial charge in [-0.2, -0.15) is 0 Å². The number of carbonyl (C=O) groups is 1. The highest BCUT2D eigenvalue weighted by molar-refractivity contribution is 9.10. The van der Waals surface area contributed by atoms with Crippen LogP contribution in [0.4, 0.5) is 0 Å². The van der Waals surface area contributed by atoms with Gasteiger partial charge in [0.05, 0.1) is 5.69 Å². The van der Waals surface area contributed by atoms with E-state index in [0.29, 0.717) is 5.69 Å². The Kier molecular flexibility index (Phi) is 2.99. The van der Waals surface area contributed by atoms with E-state index in [0.717, 1.165) is 4.60 Å². The molecule has 3 nitrogen and oxygen atoms in total. The number of aromatic nitrogens is 1. The zero-order chi connectivity index (χ0) is 8.97. The molecule has 0 aliphatic carbocycles. The second-order valence-electron chi connectivity index (χ2n) is 2.12. The van der Waals surface area contributed by atoms with Gasteiger partial charge in [-0.1, -0.05) is 6.07 Å². The van der Waals surface area contributed by atoms with Gasteiger partial charge in [0, 0.05) is 6.08 Å². The predicted molar refractivity (Wildman–Crippen MR) is 50.2 cm³/mol. The summed E-state index contributed by atoms with van der Waals surface area (Å²) in [5.41, 5.74) is 5.61.